The summed E-state index contributed by atoms with van der Waals surface area (Å²) in [5, 5.41) is 58.6. The number of carbonyl (C=O) groups excluding carboxylic acids is 3. The minimum atomic E-state index is -2.89. The van der Waals surface area contributed by atoms with Crippen molar-refractivity contribution < 1.29 is 39.9 Å². The summed E-state index contributed by atoms with van der Waals surface area (Å²) in [6, 6.07) is 3.47. The first-order valence-corrected chi connectivity index (χ1v) is 13.2. The number of rotatable bonds is 3. The van der Waals surface area contributed by atoms with Gasteiger partial charge in [-0.1, -0.05) is 65.0 Å². The molecule has 1 aromatic rings. The Bertz CT molecular complexity index is 1490. The van der Waals surface area contributed by atoms with Gasteiger partial charge in [-0.2, -0.15) is 0 Å². The number of phenols is 1. The maximum atomic E-state index is 14.4. The highest BCUT2D eigenvalue weighted by Crippen LogP contribution is 2.67. The molecule has 1 fully saturated rings. The number of aliphatic hydroxyl groups is 4. The first-order valence-electron chi connectivity index (χ1n) is 13.2. The number of fused-ring (bicyclic) bond motifs is 3. The van der Waals surface area contributed by atoms with Gasteiger partial charge >= 0.3 is 0 Å². The van der Waals surface area contributed by atoms with Gasteiger partial charge in [-0.25, -0.2) is 0 Å². The third-order valence-electron chi connectivity index (χ3n) is 9.95. The summed E-state index contributed by atoms with van der Waals surface area (Å²) < 4.78 is 0. The minimum absolute atomic E-state index is 0.00980. The van der Waals surface area contributed by atoms with Gasteiger partial charge in [0.15, 0.2) is 17.2 Å². The molecular formula is C31H34O8. The second-order valence-corrected chi connectivity index (χ2v) is 12.1. The van der Waals surface area contributed by atoms with E-state index in [9.17, 15) is 39.9 Å². The molecule has 4 aliphatic carbocycles. The SMILES string of the molecule is CC(=O)C1=C(O)[C@]2(O)C(=O)C3=C(O)c4c(ccc(C5=CC=CC5)c4O)[C@@H](C)[C@]3(C)[C@@H](O)[C@]2(C)C(C(C)C)C1=O. The molecule has 0 bridgehead atoms. The van der Waals surface area contributed by atoms with Gasteiger partial charge in [-0.15, -0.1) is 0 Å². The Morgan fingerprint density at radius 3 is 2.28 bits per heavy atom. The number of carbonyl (C=O) groups is 3. The van der Waals surface area contributed by atoms with E-state index >= 15 is 0 Å². The lowest BCUT2D eigenvalue weighted by Crippen LogP contribution is -2.75. The molecule has 206 valence electrons. The van der Waals surface area contributed by atoms with Gasteiger partial charge in [-0.3, -0.25) is 14.4 Å². The average molecular weight is 535 g/mol. The predicted octanol–water partition coefficient (Wildman–Crippen LogP) is 4.07. The molecule has 0 spiro atoms. The number of ketones is 3. The quantitative estimate of drug-likeness (QED) is 0.364. The van der Waals surface area contributed by atoms with Crippen molar-refractivity contribution in [2.24, 2.45) is 22.7 Å². The molecule has 39 heavy (non-hydrogen) atoms. The van der Waals surface area contributed by atoms with Crippen molar-refractivity contribution in [1.82, 2.24) is 0 Å². The Morgan fingerprint density at radius 1 is 1.10 bits per heavy atom. The van der Waals surface area contributed by atoms with E-state index in [4.69, 9.17) is 0 Å². The number of phenolic OH excluding ortho intramolecular Hbond substituents is 1. The summed E-state index contributed by atoms with van der Waals surface area (Å²) in [7, 11) is 0. The predicted molar refractivity (Wildman–Crippen MR) is 144 cm³/mol. The maximum absolute atomic E-state index is 14.4. The fourth-order valence-electron chi connectivity index (χ4n) is 7.83. The zero-order valence-electron chi connectivity index (χ0n) is 22.9. The Balaban J connectivity index is 1.87. The molecule has 0 aromatic heterocycles. The molecule has 4 aliphatic rings. The van der Waals surface area contributed by atoms with Crippen molar-refractivity contribution >= 4 is 28.7 Å². The van der Waals surface area contributed by atoms with Gasteiger partial charge in [0.2, 0.25) is 5.78 Å². The lowest BCUT2D eigenvalue weighted by atomic mass is 9.40. The summed E-state index contributed by atoms with van der Waals surface area (Å²) in [6.45, 7) is 9.13. The van der Waals surface area contributed by atoms with E-state index in [0.717, 1.165) is 12.5 Å². The lowest BCUT2D eigenvalue weighted by Gasteiger charge is -2.63. The summed E-state index contributed by atoms with van der Waals surface area (Å²) in [4.78, 5) is 40.6. The van der Waals surface area contributed by atoms with Crippen LogP contribution in [0.3, 0.4) is 0 Å². The number of benzene rings is 1. The van der Waals surface area contributed by atoms with E-state index in [1.54, 1.807) is 39.8 Å². The molecule has 1 aromatic carbocycles. The molecule has 0 saturated heterocycles. The van der Waals surface area contributed by atoms with Crippen LogP contribution in [-0.2, 0) is 14.4 Å². The van der Waals surface area contributed by atoms with E-state index < -0.39 is 74.7 Å². The third-order valence-corrected chi connectivity index (χ3v) is 9.95. The first-order chi connectivity index (χ1) is 18.1. The zero-order chi connectivity index (χ0) is 29.0. The lowest BCUT2D eigenvalue weighted by molar-refractivity contribution is -0.215. The van der Waals surface area contributed by atoms with Crippen molar-refractivity contribution in [1.29, 1.82) is 0 Å². The standard InChI is InChI=1S/C31H34O8/c1-13(2)21-24(34)19(15(4)32)26(36)31(39)27(37)22-25(35)20-17(14(3)29(22,5)28(38)30(21,31)6)11-12-18(23(20)33)16-9-7-8-10-16/h7-9,11-14,21,28,33,35-36,38-39H,10H2,1-6H3/t14-,21?,28-,29+,30+,31+/m1/s1. The second-order valence-electron chi connectivity index (χ2n) is 12.1. The van der Waals surface area contributed by atoms with Gasteiger partial charge in [0, 0.05) is 22.3 Å². The van der Waals surface area contributed by atoms with Crippen molar-refractivity contribution in [2.45, 2.75) is 65.6 Å². The van der Waals surface area contributed by atoms with E-state index in [-0.39, 0.29) is 16.9 Å². The molecule has 0 heterocycles. The molecular weight excluding hydrogens is 500 g/mol. The smallest absolute Gasteiger partial charge is 0.203 e. The molecule has 8 nitrogen and oxygen atoms in total. The Kier molecular flexibility index (Phi) is 5.74. The van der Waals surface area contributed by atoms with Crippen molar-refractivity contribution in [3.8, 4) is 5.75 Å². The minimum Gasteiger partial charge on any atom is -0.508 e. The van der Waals surface area contributed by atoms with Crippen LogP contribution in [-0.4, -0.2) is 54.6 Å². The van der Waals surface area contributed by atoms with E-state index in [0.29, 0.717) is 17.5 Å². The number of hydrogen-bond donors (Lipinski definition) is 5. The van der Waals surface area contributed by atoms with Gasteiger partial charge in [0.1, 0.15) is 22.8 Å². The van der Waals surface area contributed by atoms with Gasteiger partial charge in [-0.05, 0) is 36.3 Å². The zero-order valence-corrected chi connectivity index (χ0v) is 22.9. The van der Waals surface area contributed by atoms with Crippen molar-refractivity contribution in [3.63, 3.8) is 0 Å². The van der Waals surface area contributed by atoms with Crippen LogP contribution in [0.4, 0.5) is 0 Å². The topological polar surface area (TPSA) is 152 Å². The monoisotopic (exact) mass is 534 g/mol. The largest absolute Gasteiger partial charge is 0.508 e. The molecule has 8 heteroatoms. The summed E-state index contributed by atoms with van der Waals surface area (Å²) in [6.07, 6.45) is 4.54. The van der Waals surface area contributed by atoms with Crippen LogP contribution >= 0.6 is 0 Å². The maximum Gasteiger partial charge on any atom is 0.203 e. The number of hydrogen-bond acceptors (Lipinski definition) is 8. The second kappa shape index (κ2) is 8.26. The first kappa shape index (κ1) is 27.1. The average Bonchev–Trinajstić information content (AvgIpc) is 3.38. The summed E-state index contributed by atoms with van der Waals surface area (Å²) in [5.74, 6) is -7.08. The van der Waals surface area contributed by atoms with Crippen LogP contribution in [0.1, 0.15) is 70.6 Å². The van der Waals surface area contributed by atoms with Crippen LogP contribution in [0.15, 0.2) is 47.3 Å². The summed E-state index contributed by atoms with van der Waals surface area (Å²) in [5.41, 5.74) is -5.65. The molecule has 0 amide bonds. The fraction of sp³-hybridized carbons (Fsp3) is 0.452. The van der Waals surface area contributed by atoms with E-state index in [1.165, 1.54) is 6.92 Å². The molecule has 0 radical (unpaired) electrons. The highest BCUT2D eigenvalue weighted by Gasteiger charge is 2.77. The van der Waals surface area contributed by atoms with Crippen LogP contribution in [0.5, 0.6) is 5.75 Å². The van der Waals surface area contributed by atoms with Crippen LogP contribution < -0.4 is 0 Å². The van der Waals surface area contributed by atoms with E-state index in [2.05, 4.69) is 0 Å². The van der Waals surface area contributed by atoms with Crippen molar-refractivity contribution in [3.05, 3.63) is 64.0 Å². The highest BCUT2D eigenvalue weighted by atomic mass is 16.4. The molecule has 0 aliphatic heterocycles. The highest BCUT2D eigenvalue weighted by molar-refractivity contribution is 6.24. The van der Waals surface area contributed by atoms with Crippen LogP contribution in [0.25, 0.3) is 11.3 Å². The Hall–Kier alpha value is -3.49. The third kappa shape index (κ3) is 2.93. The summed E-state index contributed by atoms with van der Waals surface area (Å²) >= 11 is 0. The van der Waals surface area contributed by atoms with Gasteiger partial charge in [0.05, 0.1) is 17.2 Å². The molecule has 1 saturated carbocycles. The number of allylic oxidation sites excluding steroid dienone is 5. The number of Topliss-reactive ketones (excluding diaryl/α,β-unsaturated/α-hetero) is 3. The van der Waals surface area contributed by atoms with Crippen molar-refractivity contribution in [2.75, 3.05) is 0 Å². The fourth-order valence-corrected chi connectivity index (χ4v) is 7.83. The Labute approximate surface area is 226 Å². The van der Waals surface area contributed by atoms with Crippen LogP contribution in [0, 0.1) is 22.7 Å². The molecule has 1 unspecified atom stereocenters. The molecule has 5 N–H and O–H groups in total. The van der Waals surface area contributed by atoms with Gasteiger partial charge in [0.25, 0.3) is 0 Å². The number of aliphatic hydroxyl groups excluding tert-OH is 3. The number of aromatic hydroxyl groups is 1. The molecule has 5 rings (SSSR count). The Morgan fingerprint density at radius 2 is 1.74 bits per heavy atom. The normalized spacial score (nSPS) is 35.7. The van der Waals surface area contributed by atoms with Crippen LogP contribution in [0.2, 0.25) is 0 Å². The molecule has 6 atom stereocenters. The van der Waals surface area contributed by atoms with E-state index in [1.807, 2.05) is 18.2 Å². The van der Waals surface area contributed by atoms with Gasteiger partial charge < -0.3 is 25.5 Å².